The molecule has 1 aromatic carbocycles. The maximum Gasteiger partial charge on any atom is 0.151 e. The van der Waals surface area contributed by atoms with Gasteiger partial charge in [-0.25, -0.2) is 8.42 Å². The second-order valence-corrected chi connectivity index (χ2v) is 9.44. The monoisotopic (exact) mass is 309 g/mol. The first-order valence-electron chi connectivity index (χ1n) is 7.74. The van der Waals surface area contributed by atoms with Crippen molar-refractivity contribution in [2.75, 3.05) is 11.5 Å². The molecule has 4 heteroatoms. The van der Waals surface area contributed by atoms with Crippen LogP contribution in [-0.2, 0) is 15.3 Å². The third kappa shape index (κ3) is 4.55. The fourth-order valence-corrected chi connectivity index (χ4v) is 4.52. The Labute approximate surface area is 129 Å². The lowest BCUT2D eigenvalue weighted by Gasteiger charge is -2.27. The zero-order chi connectivity index (χ0) is 15.7. The molecule has 1 fully saturated rings. The van der Waals surface area contributed by atoms with Gasteiger partial charge < -0.3 is 5.32 Å². The minimum Gasteiger partial charge on any atom is -0.306 e. The molecule has 0 amide bonds. The molecule has 0 aliphatic carbocycles. The molecule has 1 saturated heterocycles. The smallest absolute Gasteiger partial charge is 0.151 e. The summed E-state index contributed by atoms with van der Waals surface area (Å²) < 4.78 is 23.4. The molecule has 1 heterocycles. The van der Waals surface area contributed by atoms with Gasteiger partial charge >= 0.3 is 0 Å². The molecule has 1 N–H and O–H groups in total. The number of hydrogen-bond donors (Lipinski definition) is 1. The van der Waals surface area contributed by atoms with Crippen molar-refractivity contribution in [3.63, 3.8) is 0 Å². The Hall–Kier alpha value is -0.870. The molecule has 0 radical (unpaired) electrons. The standard InChI is InChI=1S/C17H27NO2S/c1-13(18-16-6-5-11-21(19,20)12-16)14-7-9-15(10-8-14)17(2,3)4/h7-10,13,16,18H,5-6,11-12H2,1-4H3. The molecular formula is C17H27NO2S. The minimum atomic E-state index is -2.85. The maximum atomic E-state index is 11.7. The average Bonchev–Trinajstić information content (AvgIpc) is 2.36. The van der Waals surface area contributed by atoms with Crippen LogP contribution in [0.25, 0.3) is 0 Å². The normalized spacial score (nSPS) is 23.7. The van der Waals surface area contributed by atoms with E-state index in [1.54, 1.807) is 0 Å². The van der Waals surface area contributed by atoms with Crippen LogP contribution in [0.15, 0.2) is 24.3 Å². The largest absolute Gasteiger partial charge is 0.306 e. The molecule has 1 aliphatic heterocycles. The molecule has 2 atom stereocenters. The van der Waals surface area contributed by atoms with Crippen molar-refractivity contribution in [3.8, 4) is 0 Å². The molecule has 21 heavy (non-hydrogen) atoms. The number of sulfone groups is 1. The minimum absolute atomic E-state index is 0.0843. The molecule has 2 rings (SSSR count). The quantitative estimate of drug-likeness (QED) is 0.932. The SMILES string of the molecule is CC(NC1CCCS(=O)(=O)C1)c1ccc(C(C)(C)C)cc1. The first-order chi connectivity index (χ1) is 9.67. The first-order valence-corrected chi connectivity index (χ1v) is 9.56. The Morgan fingerprint density at radius 3 is 2.33 bits per heavy atom. The van der Waals surface area contributed by atoms with Gasteiger partial charge in [-0.3, -0.25) is 0 Å². The third-order valence-corrected chi connectivity index (χ3v) is 6.05. The van der Waals surface area contributed by atoms with E-state index in [-0.39, 0.29) is 23.3 Å². The van der Waals surface area contributed by atoms with Crippen LogP contribution in [0.5, 0.6) is 0 Å². The second-order valence-electron chi connectivity index (χ2n) is 7.21. The van der Waals surface area contributed by atoms with Crippen molar-refractivity contribution < 1.29 is 8.42 Å². The summed E-state index contributed by atoms with van der Waals surface area (Å²) in [5.41, 5.74) is 2.69. The van der Waals surface area contributed by atoms with Gasteiger partial charge in [-0.15, -0.1) is 0 Å². The van der Waals surface area contributed by atoms with Gasteiger partial charge in [-0.1, -0.05) is 45.0 Å². The molecule has 118 valence electrons. The predicted octanol–water partition coefficient (Wildman–Crippen LogP) is 3.21. The van der Waals surface area contributed by atoms with E-state index in [0.717, 1.165) is 12.8 Å². The van der Waals surface area contributed by atoms with Crippen LogP contribution < -0.4 is 5.32 Å². The van der Waals surface area contributed by atoms with Gasteiger partial charge in [0.15, 0.2) is 9.84 Å². The van der Waals surface area contributed by atoms with E-state index in [1.807, 2.05) is 0 Å². The van der Waals surface area contributed by atoms with Gasteiger partial charge in [-0.2, -0.15) is 0 Å². The molecule has 1 aliphatic rings. The molecular weight excluding hydrogens is 282 g/mol. The lowest BCUT2D eigenvalue weighted by atomic mass is 9.86. The van der Waals surface area contributed by atoms with E-state index in [1.165, 1.54) is 11.1 Å². The molecule has 0 aromatic heterocycles. The molecule has 1 aromatic rings. The van der Waals surface area contributed by atoms with Gasteiger partial charge in [0.1, 0.15) is 0 Å². The van der Waals surface area contributed by atoms with E-state index in [0.29, 0.717) is 5.75 Å². The molecule has 0 saturated carbocycles. The van der Waals surface area contributed by atoms with Gasteiger partial charge in [-0.05, 0) is 36.3 Å². The van der Waals surface area contributed by atoms with Crippen molar-refractivity contribution in [3.05, 3.63) is 35.4 Å². The van der Waals surface area contributed by atoms with E-state index in [4.69, 9.17) is 0 Å². The number of rotatable bonds is 3. The highest BCUT2D eigenvalue weighted by Gasteiger charge is 2.25. The number of benzene rings is 1. The number of hydrogen-bond acceptors (Lipinski definition) is 3. The highest BCUT2D eigenvalue weighted by Crippen LogP contribution is 2.24. The summed E-state index contributed by atoms with van der Waals surface area (Å²) in [7, 11) is -2.85. The summed E-state index contributed by atoms with van der Waals surface area (Å²) in [6.07, 6.45) is 1.72. The van der Waals surface area contributed by atoms with E-state index in [2.05, 4.69) is 57.3 Å². The lowest BCUT2D eigenvalue weighted by molar-refractivity contribution is 0.437. The predicted molar refractivity (Wildman–Crippen MR) is 88.4 cm³/mol. The Bertz CT molecular complexity index is 570. The van der Waals surface area contributed by atoms with Gasteiger partial charge in [0, 0.05) is 12.1 Å². The molecule has 2 unspecified atom stereocenters. The second kappa shape index (κ2) is 6.09. The highest BCUT2D eigenvalue weighted by molar-refractivity contribution is 7.91. The summed E-state index contributed by atoms with van der Waals surface area (Å²) in [5, 5.41) is 3.47. The summed E-state index contributed by atoms with van der Waals surface area (Å²) in [5.74, 6) is 0.622. The Morgan fingerprint density at radius 2 is 1.81 bits per heavy atom. The van der Waals surface area contributed by atoms with Crippen LogP contribution in [0.4, 0.5) is 0 Å². The fraction of sp³-hybridized carbons (Fsp3) is 0.647. The van der Waals surface area contributed by atoms with Gasteiger partial charge in [0.05, 0.1) is 11.5 Å². The van der Waals surface area contributed by atoms with Crippen LogP contribution in [0.3, 0.4) is 0 Å². The first kappa shape index (κ1) is 16.5. The summed E-state index contributed by atoms with van der Waals surface area (Å²) >= 11 is 0. The molecule has 0 spiro atoms. The maximum absolute atomic E-state index is 11.7. The number of nitrogens with one attached hydrogen (secondary N) is 1. The fourth-order valence-electron chi connectivity index (χ4n) is 2.88. The van der Waals surface area contributed by atoms with Crippen LogP contribution in [0.2, 0.25) is 0 Å². The van der Waals surface area contributed by atoms with Crippen LogP contribution >= 0.6 is 0 Å². The van der Waals surface area contributed by atoms with Crippen molar-refractivity contribution in [2.24, 2.45) is 0 Å². The van der Waals surface area contributed by atoms with Crippen molar-refractivity contribution in [1.82, 2.24) is 5.32 Å². The summed E-state index contributed by atoms with van der Waals surface area (Å²) in [4.78, 5) is 0. The third-order valence-electron chi connectivity index (χ3n) is 4.23. The topological polar surface area (TPSA) is 46.2 Å². The molecule has 0 bridgehead atoms. The highest BCUT2D eigenvalue weighted by atomic mass is 32.2. The van der Waals surface area contributed by atoms with Crippen molar-refractivity contribution >= 4 is 9.84 Å². The molecule has 3 nitrogen and oxygen atoms in total. The van der Waals surface area contributed by atoms with E-state index in [9.17, 15) is 8.42 Å². The Morgan fingerprint density at radius 1 is 1.19 bits per heavy atom. The van der Waals surface area contributed by atoms with E-state index < -0.39 is 9.84 Å². The average molecular weight is 309 g/mol. The summed E-state index contributed by atoms with van der Waals surface area (Å²) in [6, 6.07) is 8.90. The summed E-state index contributed by atoms with van der Waals surface area (Å²) in [6.45, 7) is 8.72. The zero-order valence-corrected chi connectivity index (χ0v) is 14.3. The van der Waals surface area contributed by atoms with Crippen LogP contribution in [-0.4, -0.2) is 26.0 Å². The Kier molecular flexibility index (Phi) is 4.79. The Balaban J connectivity index is 2.02. The van der Waals surface area contributed by atoms with Crippen LogP contribution in [0, 0.1) is 0 Å². The van der Waals surface area contributed by atoms with Gasteiger partial charge in [0.2, 0.25) is 0 Å². The zero-order valence-electron chi connectivity index (χ0n) is 13.5. The van der Waals surface area contributed by atoms with Crippen molar-refractivity contribution in [2.45, 2.75) is 58.0 Å². The van der Waals surface area contributed by atoms with Crippen molar-refractivity contribution in [1.29, 1.82) is 0 Å². The lowest BCUT2D eigenvalue weighted by Crippen LogP contribution is -2.41. The van der Waals surface area contributed by atoms with Crippen LogP contribution in [0.1, 0.15) is 57.7 Å². The van der Waals surface area contributed by atoms with E-state index >= 15 is 0 Å². The van der Waals surface area contributed by atoms with Gasteiger partial charge in [0.25, 0.3) is 0 Å².